The minimum absolute atomic E-state index is 0.0970. The van der Waals surface area contributed by atoms with Crippen molar-refractivity contribution in [3.63, 3.8) is 0 Å². The number of carbonyl (C=O) groups excluding carboxylic acids is 2. The first kappa shape index (κ1) is 20.8. The summed E-state index contributed by atoms with van der Waals surface area (Å²) in [4.78, 5) is 30.4. The second kappa shape index (κ2) is 10.6. The average molecular weight is 414 g/mol. The van der Waals surface area contributed by atoms with Crippen molar-refractivity contribution in [1.82, 2.24) is 10.3 Å². The lowest BCUT2D eigenvalue weighted by Crippen LogP contribution is -2.30. The summed E-state index contributed by atoms with van der Waals surface area (Å²) in [5.74, 6) is -0.486. The molecule has 148 valence electrons. The molecule has 2 amide bonds. The molecule has 0 bridgehead atoms. The predicted molar refractivity (Wildman–Crippen MR) is 118 cm³/mol. The minimum Gasteiger partial charge on any atom is -0.321 e. The number of nitriles is 1. The van der Waals surface area contributed by atoms with Crippen molar-refractivity contribution in [2.24, 2.45) is 0 Å². The molecular weight excluding hydrogens is 396 g/mol. The highest BCUT2D eigenvalue weighted by Gasteiger charge is 2.15. The zero-order valence-corrected chi connectivity index (χ0v) is 16.7. The van der Waals surface area contributed by atoms with Crippen LogP contribution in [0.4, 0.5) is 5.69 Å². The third-order valence-corrected chi connectivity index (χ3v) is 4.82. The summed E-state index contributed by atoms with van der Waals surface area (Å²) in [5.41, 5.74) is 1.80. The molecule has 2 aromatic carbocycles. The number of aromatic nitrogens is 1. The van der Waals surface area contributed by atoms with Gasteiger partial charge in [-0.15, -0.1) is 11.8 Å². The lowest BCUT2D eigenvalue weighted by atomic mass is 10.2. The van der Waals surface area contributed by atoms with Crippen LogP contribution in [0, 0.1) is 11.3 Å². The fourth-order valence-corrected chi connectivity index (χ4v) is 3.08. The second-order valence-electron chi connectivity index (χ2n) is 6.09. The number of carbonyl (C=O) groups is 2. The number of hydrogen-bond acceptors (Lipinski definition) is 5. The molecule has 0 aliphatic heterocycles. The first-order valence-corrected chi connectivity index (χ1v) is 10.0. The van der Waals surface area contributed by atoms with E-state index in [1.54, 1.807) is 67.0 Å². The quantitative estimate of drug-likeness (QED) is 0.448. The molecule has 1 heterocycles. The van der Waals surface area contributed by atoms with E-state index in [1.165, 1.54) is 11.8 Å². The van der Waals surface area contributed by atoms with E-state index in [9.17, 15) is 9.59 Å². The highest BCUT2D eigenvalue weighted by molar-refractivity contribution is 7.99. The molecule has 0 unspecified atom stereocenters. The molecule has 0 saturated carbocycles. The summed E-state index contributed by atoms with van der Waals surface area (Å²) in [5, 5.41) is 14.1. The lowest BCUT2D eigenvalue weighted by molar-refractivity contribution is -0.113. The zero-order valence-electron chi connectivity index (χ0n) is 15.9. The maximum atomic E-state index is 12.9. The van der Waals surface area contributed by atoms with E-state index in [-0.39, 0.29) is 11.6 Å². The second-order valence-corrected chi connectivity index (χ2v) is 7.14. The number of anilines is 1. The molecule has 7 heteroatoms. The van der Waals surface area contributed by atoms with Crippen molar-refractivity contribution in [1.29, 1.82) is 5.26 Å². The monoisotopic (exact) mass is 414 g/mol. The first-order chi connectivity index (χ1) is 14.7. The molecule has 0 aliphatic rings. The number of hydrogen-bond donors (Lipinski definition) is 2. The van der Waals surface area contributed by atoms with Crippen LogP contribution in [-0.4, -0.2) is 22.6 Å². The Hall–Kier alpha value is -3.89. The van der Waals surface area contributed by atoms with Gasteiger partial charge in [-0.05, 0) is 54.1 Å². The molecule has 3 aromatic rings. The lowest BCUT2D eigenvalue weighted by Gasteiger charge is -2.11. The van der Waals surface area contributed by atoms with Gasteiger partial charge in [-0.2, -0.15) is 5.26 Å². The number of nitrogens with one attached hydrogen (secondary N) is 2. The van der Waals surface area contributed by atoms with Crippen molar-refractivity contribution < 1.29 is 9.59 Å². The minimum atomic E-state index is -0.458. The summed E-state index contributed by atoms with van der Waals surface area (Å²) in [7, 11) is 0. The van der Waals surface area contributed by atoms with E-state index in [0.717, 1.165) is 4.90 Å². The van der Waals surface area contributed by atoms with Gasteiger partial charge in [0.1, 0.15) is 5.70 Å². The summed E-state index contributed by atoms with van der Waals surface area (Å²) >= 11 is 1.41. The van der Waals surface area contributed by atoms with Crippen LogP contribution in [0.2, 0.25) is 0 Å². The van der Waals surface area contributed by atoms with Gasteiger partial charge >= 0.3 is 0 Å². The number of thioether (sulfide) groups is 1. The van der Waals surface area contributed by atoms with Gasteiger partial charge < -0.3 is 10.6 Å². The van der Waals surface area contributed by atoms with E-state index in [1.807, 2.05) is 18.2 Å². The highest BCUT2D eigenvalue weighted by Crippen LogP contribution is 2.20. The van der Waals surface area contributed by atoms with Gasteiger partial charge in [-0.25, -0.2) is 0 Å². The maximum absolute atomic E-state index is 12.9. The van der Waals surface area contributed by atoms with E-state index in [4.69, 9.17) is 5.26 Å². The number of pyridine rings is 1. The Bertz CT molecular complexity index is 1080. The summed E-state index contributed by atoms with van der Waals surface area (Å²) in [6.45, 7) is 0. The Labute approximate surface area is 178 Å². The van der Waals surface area contributed by atoms with Crippen molar-refractivity contribution in [3.05, 3.63) is 95.9 Å². The molecular formula is C23H18N4O2S. The van der Waals surface area contributed by atoms with Gasteiger partial charge in [0.2, 0.25) is 0 Å². The molecule has 3 rings (SSSR count). The largest absolute Gasteiger partial charge is 0.321 e. The number of rotatable bonds is 7. The molecule has 0 spiro atoms. The number of nitrogens with zero attached hydrogens (tertiary/aromatic N) is 2. The predicted octanol–water partition coefficient (Wildman–Crippen LogP) is 4.11. The summed E-state index contributed by atoms with van der Waals surface area (Å²) in [6, 6.07) is 21.4. The van der Waals surface area contributed by atoms with Crippen molar-refractivity contribution in [3.8, 4) is 6.07 Å². The fourth-order valence-electron chi connectivity index (χ4n) is 2.52. The Morgan fingerprint density at radius 1 is 1.03 bits per heavy atom. The molecule has 0 radical (unpaired) electrons. The molecule has 0 aliphatic carbocycles. The molecule has 0 fully saturated rings. The van der Waals surface area contributed by atoms with Crippen molar-refractivity contribution in [2.45, 2.75) is 4.90 Å². The van der Waals surface area contributed by atoms with Crippen LogP contribution >= 0.6 is 11.8 Å². The summed E-state index contributed by atoms with van der Waals surface area (Å²) in [6.07, 6.45) is 4.80. The Morgan fingerprint density at radius 3 is 2.47 bits per heavy atom. The third kappa shape index (κ3) is 6.06. The van der Waals surface area contributed by atoms with Crippen LogP contribution in [0.1, 0.15) is 15.9 Å². The van der Waals surface area contributed by atoms with E-state index >= 15 is 0 Å². The molecule has 1 aromatic heterocycles. The smallest absolute Gasteiger partial charge is 0.272 e. The number of benzene rings is 2. The SMILES string of the molecule is N#CCSc1ccc(NC(=O)/C(=C/c2cccnc2)NC(=O)c2ccccc2)cc1. The average Bonchev–Trinajstić information content (AvgIpc) is 2.79. The Morgan fingerprint density at radius 2 is 1.80 bits per heavy atom. The molecule has 6 nitrogen and oxygen atoms in total. The van der Waals surface area contributed by atoms with Crippen LogP contribution in [0.5, 0.6) is 0 Å². The zero-order chi connectivity index (χ0) is 21.2. The van der Waals surface area contributed by atoms with Gasteiger partial charge in [0.25, 0.3) is 11.8 Å². The van der Waals surface area contributed by atoms with Crippen LogP contribution in [0.3, 0.4) is 0 Å². The summed E-state index contributed by atoms with van der Waals surface area (Å²) < 4.78 is 0. The van der Waals surface area contributed by atoms with E-state index < -0.39 is 5.91 Å². The first-order valence-electron chi connectivity index (χ1n) is 9.05. The molecule has 2 N–H and O–H groups in total. The highest BCUT2D eigenvalue weighted by atomic mass is 32.2. The molecule has 0 atom stereocenters. The standard InChI is InChI=1S/C23H18N4O2S/c24-12-14-30-20-10-8-19(9-11-20)26-23(29)21(15-17-5-4-13-25-16-17)27-22(28)18-6-2-1-3-7-18/h1-11,13,15-16H,14H2,(H,26,29)(H,27,28)/b21-15-. The molecule has 0 saturated heterocycles. The van der Waals surface area contributed by atoms with Crippen molar-refractivity contribution in [2.75, 3.05) is 11.1 Å². The van der Waals surface area contributed by atoms with E-state index in [0.29, 0.717) is 22.6 Å². The maximum Gasteiger partial charge on any atom is 0.272 e. The van der Waals surface area contributed by atoms with Crippen LogP contribution in [0.25, 0.3) is 6.08 Å². The topological polar surface area (TPSA) is 94.9 Å². The third-order valence-electron chi connectivity index (χ3n) is 3.94. The van der Waals surface area contributed by atoms with Crippen LogP contribution < -0.4 is 10.6 Å². The van der Waals surface area contributed by atoms with Gasteiger partial charge in [-0.1, -0.05) is 24.3 Å². The fraction of sp³-hybridized carbons (Fsp3) is 0.0435. The van der Waals surface area contributed by atoms with Gasteiger partial charge in [0, 0.05) is 28.5 Å². The van der Waals surface area contributed by atoms with Gasteiger partial charge in [0.05, 0.1) is 11.8 Å². The van der Waals surface area contributed by atoms with Gasteiger partial charge in [0.15, 0.2) is 0 Å². The van der Waals surface area contributed by atoms with Crippen LogP contribution in [0.15, 0.2) is 89.7 Å². The van der Waals surface area contributed by atoms with E-state index in [2.05, 4.69) is 21.7 Å². The van der Waals surface area contributed by atoms with Gasteiger partial charge in [-0.3, -0.25) is 14.6 Å². The molecule has 30 heavy (non-hydrogen) atoms. The Kier molecular flexibility index (Phi) is 7.36. The number of amides is 2. The normalized spacial score (nSPS) is 10.7. The van der Waals surface area contributed by atoms with Crippen molar-refractivity contribution >= 4 is 35.3 Å². The Balaban J connectivity index is 1.79. The van der Waals surface area contributed by atoms with Crippen LogP contribution in [-0.2, 0) is 4.79 Å².